The van der Waals surface area contributed by atoms with Gasteiger partial charge in [0.25, 0.3) is 5.91 Å². The number of ether oxygens (including phenoxy) is 2. The van der Waals surface area contributed by atoms with Gasteiger partial charge in [-0.2, -0.15) is 4.31 Å². The predicted octanol–water partition coefficient (Wildman–Crippen LogP) is 1.43. The first-order chi connectivity index (χ1) is 15.9. The van der Waals surface area contributed by atoms with Crippen molar-refractivity contribution in [1.82, 2.24) is 14.1 Å². The molecule has 0 N–H and O–H groups in total. The number of rotatable bonds is 6. The zero-order chi connectivity index (χ0) is 23.6. The molecule has 3 heterocycles. The zero-order valence-electron chi connectivity index (χ0n) is 18.6. The number of carbonyl (C=O) groups is 2. The fourth-order valence-electron chi connectivity index (χ4n) is 4.29. The summed E-state index contributed by atoms with van der Waals surface area (Å²) in [5.41, 5.74) is 0. The van der Waals surface area contributed by atoms with Gasteiger partial charge < -0.3 is 23.7 Å². The van der Waals surface area contributed by atoms with Crippen molar-refractivity contribution in [2.24, 2.45) is 0 Å². The van der Waals surface area contributed by atoms with E-state index in [2.05, 4.69) is 0 Å². The summed E-state index contributed by atoms with van der Waals surface area (Å²) in [6, 6.07) is 7.12. The quantitative estimate of drug-likeness (QED) is 0.619. The minimum Gasteiger partial charge on any atom is -0.493 e. The second kappa shape index (κ2) is 9.44. The molecule has 1 aromatic carbocycles. The van der Waals surface area contributed by atoms with E-state index in [0.29, 0.717) is 24.5 Å². The Kier molecular flexibility index (Phi) is 6.61. The van der Waals surface area contributed by atoms with Crippen LogP contribution in [-0.2, 0) is 14.8 Å². The van der Waals surface area contributed by atoms with Gasteiger partial charge in [-0.15, -0.1) is 0 Å². The molecule has 0 bridgehead atoms. The second-order valence-corrected chi connectivity index (χ2v) is 9.82. The van der Waals surface area contributed by atoms with E-state index >= 15 is 0 Å². The molecule has 2 saturated heterocycles. The van der Waals surface area contributed by atoms with Gasteiger partial charge >= 0.3 is 0 Å². The number of hydrogen-bond donors (Lipinski definition) is 0. The van der Waals surface area contributed by atoms with Gasteiger partial charge in [0.05, 0.1) is 25.4 Å². The molecule has 1 atom stereocenters. The van der Waals surface area contributed by atoms with Crippen molar-refractivity contribution in [3.05, 3.63) is 42.4 Å². The Balaban J connectivity index is 1.42. The van der Waals surface area contributed by atoms with Crippen molar-refractivity contribution < 1.29 is 31.9 Å². The van der Waals surface area contributed by atoms with E-state index in [1.807, 2.05) is 0 Å². The van der Waals surface area contributed by atoms with E-state index in [0.717, 1.165) is 6.42 Å². The summed E-state index contributed by atoms with van der Waals surface area (Å²) >= 11 is 0. The van der Waals surface area contributed by atoms with E-state index in [9.17, 15) is 18.0 Å². The molecule has 1 aromatic heterocycles. The number of likely N-dealkylation sites (tertiary alicyclic amines) is 1. The first-order valence-electron chi connectivity index (χ1n) is 10.7. The Morgan fingerprint density at radius 1 is 1.00 bits per heavy atom. The van der Waals surface area contributed by atoms with Crippen LogP contribution in [0.25, 0.3) is 0 Å². The third-order valence-electron chi connectivity index (χ3n) is 6.07. The van der Waals surface area contributed by atoms with E-state index in [-0.39, 0.29) is 48.6 Å². The number of nitrogens with zero attached hydrogens (tertiary/aromatic N) is 3. The third kappa shape index (κ3) is 4.42. The molecule has 0 saturated carbocycles. The molecule has 178 valence electrons. The highest BCUT2D eigenvalue weighted by Gasteiger charge is 2.39. The first-order valence-corrected chi connectivity index (χ1v) is 12.2. The number of sulfonamides is 1. The monoisotopic (exact) mass is 477 g/mol. The van der Waals surface area contributed by atoms with E-state index in [4.69, 9.17) is 13.9 Å². The van der Waals surface area contributed by atoms with Crippen LogP contribution in [0.5, 0.6) is 11.5 Å². The molecule has 0 unspecified atom stereocenters. The van der Waals surface area contributed by atoms with Crippen LogP contribution in [0.2, 0.25) is 0 Å². The molecule has 2 fully saturated rings. The van der Waals surface area contributed by atoms with Gasteiger partial charge in [-0.1, -0.05) is 0 Å². The molecule has 2 aromatic rings. The Hall–Kier alpha value is -3.05. The Morgan fingerprint density at radius 2 is 1.73 bits per heavy atom. The molecule has 0 aliphatic carbocycles. The Bertz CT molecular complexity index is 1110. The molecule has 0 spiro atoms. The number of carbonyl (C=O) groups excluding carboxylic acids is 2. The largest absolute Gasteiger partial charge is 0.493 e. The lowest BCUT2D eigenvalue weighted by Crippen LogP contribution is -2.55. The summed E-state index contributed by atoms with van der Waals surface area (Å²) in [5, 5.41) is 0. The van der Waals surface area contributed by atoms with Gasteiger partial charge in [-0.3, -0.25) is 9.59 Å². The number of furan rings is 1. The first kappa shape index (κ1) is 23.1. The van der Waals surface area contributed by atoms with Crippen molar-refractivity contribution in [2.75, 3.05) is 46.9 Å². The minimum absolute atomic E-state index is 0.103. The fraction of sp³-hybridized carbons (Fsp3) is 0.455. The molecule has 2 aliphatic rings. The SMILES string of the molecule is COc1ccc(S(=O)(=O)N2CCN(C(=O)[C@@H]3CCCN3C(=O)c3ccco3)CC2)cc1OC. The number of amides is 2. The van der Waals surface area contributed by atoms with Crippen molar-refractivity contribution in [3.8, 4) is 11.5 Å². The highest BCUT2D eigenvalue weighted by Crippen LogP contribution is 2.31. The third-order valence-corrected chi connectivity index (χ3v) is 7.97. The van der Waals surface area contributed by atoms with Crippen LogP contribution in [0.4, 0.5) is 0 Å². The smallest absolute Gasteiger partial charge is 0.290 e. The molecular formula is C22H27N3O7S. The van der Waals surface area contributed by atoms with Crippen molar-refractivity contribution in [1.29, 1.82) is 0 Å². The zero-order valence-corrected chi connectivity index (χ0v) is 19.4. The number of benzene rings is 1. The maximum Gasteiger partial charge on any atom is 0.290 e. The second-order valence-electron chi connectivity index (χ2n) is 7.88. The predicted molar refractivity (Wildman–Crippen MR) is 118 cm³/mol. The summed E-state index contributed by atoms with van der Waals surface area (Å²) in [5.74, 6) is 0.522. The maximum absolute atomic E-state index is 13.2. The summed E-state index contributed by atoms with van der Waals surface area (Å²) in [7, 11) is -0.831. The Morgan fingerprint density at radius 3 is 2.36 bits per heavy atom. The van der Waals surface area contributed by atoms with Crippen LogP contribution < -0.4 is 9.47 Å². The lowest BCUT2D eigenvalue weighted by Gasteiger charge is -2.36. The topological polar surface area (TPSA) is 110 Å². The molecule has 11 heteroatoms. The normalized spacial score (nSPS) is 19.5. The molecule has 2 amide bonds. The fourth-order valence-corrected chi connectivity index (χ4v) is 5.73. The molecule has 0 radical (unpaired) electrons. The summed E-state index contributed by atoms with van der Waals surface area (Å²) in [4.78, 5) is 29.2. The van der Waals surface area contributed by atoms with Gasteiger partial charge in [0.2, 0.25) is 15.9 Å². The van der Waals surface area contributed by atoms with Crippen LogP contribution in [0.1, 0.15) is 23.4 Å². The highest BCUT2D eigenvalue weighted by molar-refractivity contribution is 7.89. The van der Waals surface area contributed by atoms with Crippen molar-refractivity contribution >= 4 is 21.8 Å². The van der Waals surface area contributed by atoms with Crippen LogP contribution in [-0.4, -0.2) is 87.3 Å². The van der Waals surface area contributed by atoms with Crippen LogP contribution in [0.3, 0.4) is 0 Å². The van der Waals surface area contributed by atoms with Crippen molar-refractivity contribution in [3.63, 3.8) is 0 Å². The van der Waals surface area contributed by atoms with Gasteiger partial charge in [0.15, 0.2) is 17.3 Å². The molecular weight excluding hydrogens is 450 g/mol. The maximum atomic E-state index is 13.2. The summed E-state index contributed by atoms with van der Waals surface area (Å²) in [6.45, 7) is 1.33. The number of methoxy groups -OCH3 is 2. The van der Waals surface area contributed by atoms with Gasteiger partial charge in [-0.05, 0) is 37.1 Å². The molecule has 10 nitrogen and oxygen atoms in total. The van der Waals surface area contributed by atoms with E-state index in [1.165, 1.54) is 36.9 Å². The standard InChI is InChI=1S/C22H27N3O7S/c1-30-18-8-7-16(15-20(18)31-2)33(28,29)24-12-10-23(11-13-24)21(26)17-5-3-9-25(17)22(27)19-6-4-14-32-19/h4,6-8,14-15,17H,3,5,9-13H2,1-2H3/t17-/m0/s1. The van der Waals surface area contributed by atoms with Gasteiger partial charge in [-0.25, -0.2) is 8.42 Å². The number of piperazine rings is 1. The van der Waals surface area contributed by atoms with Crippen LogP contribution in [0, 0.1) is 0 Å². The summed E-state index contributed by atoms with van der Waals surface area (Å²) < 4.78 is 43.2. The highest BCUT2D eigenvalue weighted by atomic mass is 32.2. The van der Waals surface area contributed by atoms with Crippen LogP contribution >= 0.6 is 0 Å². The van der Waals surface area contributed by atoms with Crippen LogP contribution in [0.15, 0.2) is 45.9 Å². The summed E-state index contributed by atoms with van der Waals surface area (Å²) in [6.07, 6.45) is 2.74. The Labute approximate surface area is 192 Å². The lowest BCUT2D eigenvalue weighted by atomic mass is 10.1. The van der Waals surface area contributed by atoms with E-state index in [1.54, 1.807) is 28.0 Å². The minimum atomic E-state index is -3.76. The number of hydrogen-bond acceptors (Lipinski definition) is 7. The van der Waals surface area contributed by atoms with E-state index < -0.39 is 16.1 Å². The lowest BCUT2D eigenvalue weighted by molar-refractivity contribution is -0.136. The van der Waals surface area contributed by atoms with Gasteiger partial charge in [0.1, 0.15) is 6.04 Å². The average Bonchev–Trinajstić information content (AvgIpc) is 3.55. The van der Waals surface area contributed by atoms with Crippen molar-refractivity contribution in [2.45, 2.75) is 23.8 Å². The average molecular weight is 478 g/mol. The molecule has 4 rings (SSSR count). The molecule has 2 aliphatic heterocycles. The van der Waals surface area contributed by atoms with Gasteiger partial charge in [0, 0.05) is 38.8 Å². The molecule has 33 heavy (non-hydrogen) atoms.